The van der Waals surface area contributed by atoms with Crippen LogP contribution in [-0.2, 0) is 0 Å². The zero-order valence-corrected chi connectivity index (χ0v) is 14.7. The second-order valence-corrected chi connectivity index (χ2v) is 6.82. The van der Waals surface area contributed by atoms with E-state index in [1.165, 1.54) is 0 Å². The van der Waals surface area contributed by atoms with Gasteiger partial charge in [-0.1, -0.05) is 13.8 Å². The number of nitrogens with zero attached hydrogens (tertiary/aromatic N) is 7. The molecule has 8 nitrogen and oxygen atoms in total. The molecule has 130 valence electrons. The van der Waals surface area contributed by atoms with Crippen LogP contribution in [0.3, 0.4) is 0 Å². The van der Waals surface area contributed by atoms with E-state index < -0.39 is 0 Å². The molecule has 0 atom stereocenters. The first kappa shape index (κ1) is 15.7. The van der Waals surface area contributed by atoms with E-state index in [1.807, 2.05) is 31.3 Å². The van der Waals surface area contributed by atoms with Crippen LogP contribution in [0.1, 0.15) is 31.4 Å². The van der Waals surface area contributed by atoms with E-state index >= 15 is 0 Å². The highest BCUT2D eigenvalue weighted by atomic mass is 15.4. The molecule has 1 N–H and O–H groups in total. The van der Waals surface area contributed by atoms with E-state index in [4.69, 9.17) is 0 Å². The van der Waals surface area contributed by atoms with Crippen molar-refractivity contribution in [2.75, 3.05) is 29.9 Å². The van der Waals surface area contributed by atoms with E-state index in [0.717, 1.165) is 48.6 Å². The van der Waals surface area contributed by atoms with Crippen LogP contribution in [0.25, 0.3) is 5.65 Å². The number of hydrogen-bond donors (Lipinski definition) is 1. The van der Waals surface area contributed by atoms with Gasteiger partial charge >= 0.3 is 0 Å². The van der Waals surface area contributed by atoms with Gasteiger partial charge in [0.2, 0.25) is 0 Å². The molecule has 0 aromatic carbocycles. The summed E-state index contributed by atoms with van der Waals surface area (Å²) in [4.78, 5) is 11.1. The molecule has 0 radical (unpaired) electrons. The lowest BCUT2D eigenvalue weighted by atomic mass is 10.0. The van der Waals surface area contributed by atoms with Crippen LogP contribution in [0.2, 0.25) is 0 Å². The number of rotatable bonds is 5. The quantitative estimate of drug-likeness (QED) is 0.760. The maximum Gasteiger partial charge on any atom is 0.178 e. The Morgan fingerprint density at radius 1 is 1.20 bits per heavy atom. The van der Waals surface area contributed by atoms with E-state index in [0.29, 0.717) is 11.8 Å². The molecule has 3 aromatic rings. The van der Waals surface area contributed by atoms with Gasteiger partial charge in [-0.25, -0.2) is 9.97 Å². The molecule has 1 aliphatic rings. The zero-order valence-electron chi connectivity index (χ0n) is 14.7. The van der Waals surface area contributed by atoms with Crippen molar-refractivity contribution >= 4 is 17.3 Å². The molecule has 1 fully saturated rings. The Morgan fingerprint density at radius 3 is 2.84 bits per heavy atom. The number of fused-ring (bicyclic) bond motifs is 1. The van der Waals surface area contributed by atoms with Gasteiger partial charge in [0.15, 0.2) is 11.5 Å². The Morgan fingerprint density at radius 2 is 2.04 bits per heavy atom. The van der Waals surface area contributed by atoms with E-state index in [-0.39, 0.29) is 0 Å². The molecule has 4 rings (SSSR count). The molecule has 0 unspecified atom stereocenters. The monoisotopic (exact) mass is 338 g/mol. The Balaban J connectivity index is 1.34. The van der Waals surface area contributed by atoms with Gasteiger partial charge in [0.25, 0.3) is 0 Å². The fourth-order valence-electron chi connectivity index (χ4n) is 2.94. The largest absolute Gasteiger partial charge is 0.370 e. The first-order valence-electron chi connectivity index (χ1n) is 8.61. The summed E-state index contributed by atoms with van der Waals surface area (Å²) in [6, 6.07) is 5.89. The van der Waals surface area contributed by atoms with Crippen molar-refractivity contribution in [1.82, 2.24) is 29.8 Å². The third-order valence-electron chi connectivity index (χ3n) is 4.45. The predicted molar refractivity (Wildman–Crippen MR) is 95.8 cm³/mol. The summed E-state index contributed by atoms with van der Waals surface area (Å²) in [5, 5.41) is 16.2. The number of anilines is 2. The summed E-state index contributed by atoms with van der Waals surface area (Å²) >= 11 is 0. The highest BCUT2D eigenvalue weighted by molar-refractivity contribution is 5.47. The predicted octanol–water partition coefficient (Wildman–Crippen LogP) is 1.89. The molecule has 0 aliphatic carbocycles. The van der Waals surface area contributed by atoms with Gasteiger partial charge in [-0.2, -0.15) is 4.52 Å². The van der Waals surface area contributed by atoms with Gasteiger partial charge < -0.3 is 10.2 Å². The molecule has 4 heterocycles. The van der Waals surface area contributed by atoms with Crippen LogP contribution in [0.5, 0.6) is 0 Å². The lowest BCUT2D eigenvalue weighted by molar-refractivity contribution is 0.424. The Kier molecular flexibility index (Phi) is 3.95. The Hall–Kier alpha value is -2.77. The third kappa shape index (κ3) is 3.11. The van der Waals surface area contributed by atoms with Gasteiger partial charge in [0.05, 0.1) is 0 Å². The highest BCUT2D eigenvalue weighted by Crippen LogP contribution is 2.23. The summed E-state index contributed by atoms with van der Waals surface area (Å²) in [6.07, 6.45) is 1.82. The highest BCUT2D eigenvalue weighted by Gasteiger charge is 2.28. The topological polar surface area (TPSA) is 84.1 Å². The minimum Gasteiger partial charge on any atom is -0.370 e. The van der Waals surface area contributed by atoms with Crippen LogP contribution in [0.4, 0.5) is 11.6 Å². The van der Waals surface area contributed by atoms with Crippen LogP contribution >= 0.6 is 0 Å². The molecule has 0 amide bonds. The summed E-state index contributed by atoms with van der Waals surface area (Å²) in [7, 11) is 0. The average molecular weight is 338 g/mol. The van der Waals surface area contributed by atoms with Gasteiger partial charge in [0, 0.05) is 37.7 Å². The van der Waals surface area contributed by atoms with Crippen molar-refractivity contribution < 1.29 is 0 Å². The molecular formula is C17H22N8. The fraction of sp³-hybridized carbons (Fsp3) is 0.471. The van der Waals surface area contributed by atoms with Crippen molar-refractivity contribution in [3.63, 3.8) is 0 Å². The number of nitrogens with one attached hydrogen (secondary N) is 1. The summed E-state index contributed by atoms with van der Waals surface area (Å²) in [5.74, 6) is 4.47. The SMILES string of the molecule is Cc1nnc2ccc(N3CC(CNc4ccnc(C(C)C)n4)C3)nn12. The van der Waals surface area contributed by atoms with Gasteiger partial charge in [-0.3, -0.25) is 0 Å². The smallest absolute Gasteiger partial charge is 0.178 e. The number of hydrogen-bond acceptors (Lipinski definition) is 7. The van der Waals surface area contributed by atoms with Crippen LogP contribution in [0, 0.1) is 12.8 Å². The van der Waals surface area contributed by atoms with Crippen molar-refractivity contribution in [2.45, 2.75) is 26.7 Å². The average Bonchev–Trinajstić information content (AvgIpc) is 2.94. The minimum absolute atomic E-state index is 0.336. The first-order valence-corrected chi connectivity index (χ1v) is 8.61. The van der Waals surface area contributed by atoms with E-state index in [9.17, 15) is 0 Å². The van der Waals surface area contributed by atoms with Crippen LogP contribution in [-0.4, -0.2) is 49.4 Å². The number of aromatic nitrogens is 6. The van der Waals surface area contributed by atoms with Gasteiger partial charge in [-0.05, 0) is 25.1 Å². The fourth-order valence-corrected chi connectivity index (χ4v) is 2.94. The first-order chi connectivity index (χ1) is 12.1. The molecule has 1 aliphatic heterocycles. The maximum atomic E-state index is 4.62. The molecule has 8 heteroatoms. The summed E-state index contributed by atoms with van der Waals surface area (Å²) in [5.41, 5.74) is 0.782. The van der Waals surface area contributed by atoms with Crippen LogP contribution < -0.4 is 10.2 Å². The standard InChI is InChI=1S/C17H22N8/c1-11(2)17-18-7-6-14(20-17)19-8-13-9-24(10-13)16-5-4-15-22-21-12(3)25(15)23-16/h4-7,11,13H,8-10H2,1-3H3,(H,18,19,20). The summed E-state index contributed by atoms with van der Waals surface area (Å²) < 4.78 is 1.79. The molecular weight excluding hydrogens is 316 g/mol. The van der Waals surface area contributed by atoms with Crippen LogP contribution in [0.15, 0.2) is 24.4 Å². The second-order valence-electron chi connectivity index (χ2n) is 6.82. The van der Waals surface area contributed by atoms with Crippen molar-refractivity contribution in [1.29, 1.82) is 0 Å². The molecule has 25 heavy (non-hydrogen) atoms. The molecule has 0 saturated carbocycles. The summed E-state index contributed by atoms with van der Waals surface area (Å²) in [6.45, 7) is 8.98. The number of aryl methyl sites for hydroxylation is 1. The Bertz CT molecular complexity index is 881. The van der Waals surface area contributed by atoms with E-state index in [2.05, 4.69) is 49.3 Å². The van der Waals surface area contributed by atoms with E-state index in [1.54, 1.807) is 4.52 Å². The molecule has 1 saturated heterocycles. The second kappa shape index (κ2) is 6.27. The van der Waals surface area contributed by atoms with Crippen molar-refractivity contribution in [2.24, 2.45) is 5.92 Å². The maximum absolute atomic E-state index is 4.62. The normalized spacial score (nSPS) is 15.0. The lowest BCUT2D eigenvalue weighted by Crippen LogP contribution is -2.50. The third-order valence-corrected chi connectivity index (χ3v) is 4.45. The van der Waals surface area contributed by atoms with Crippen molar-refractivity contribution in [3.05, 3.63) is 36.0 Å². The van der Waals surface area contributed by atoms with Crippen molar-refractivity contribution in [3.8, 4) is 0 Å². The molecule has 0 bridgehead atoms. The van der Waals surface area contributed by atoms with Gasteiger partial charge in [0.1, 0.15) is 17.5 Å². The Labute approximate surface area is 146 Å². The molecule has 3 aromatic heterocycles. The zero-order chi connectivity index (χ0) is 17.4. The molecule has 0 spiro atoms. The minimum atomic E-state index is 0.336. The van der Waals surface area contributed by atoms with Gasteiger partial charge in [-0.15, -0.1) is 15.3 Å². The lowest BCUT2D eigenvalue weighted by Gasteiger charge is -2.40.